The maximum absolute atomic E-state index is 12.5. The number of phosphoric acid groups is 1. The van der Waals surface area contributed by atoms with Crippen LogP contribution in [0.1, 0.15) is 181 Å². The van der Waals surface area contributed by atoms with E-state index in [9.17, 15) is 19.4 Å². The normalized spacial score (nSPS) is 14.3. The van der Waals surface area contributed by atoms with Crippen molar-refractivity contribution in [2.45, 2.75) is 193 Å². The highest BCUT2D eigenvalue weighted by atomic mass is 31.2. The number of hydrogen-bond acceptors (Lipinski definition) is 8. The minimum Gasteiger partial charge on any atom is -0.457 e. The van der Waals surface area contributed by atoms with Crippen LogP contribution in [0.5, 0.6) is 0 Å². The largest absolute Gasteiger partial charge is 0.472 e. The summed E-state index contributed by atoms with van der Waals surface area (Å²) in [5, 5.41) is 18.3. The lowest BCUT2D eigenvalue weighted by atomic mass is 10.0. The average Bonchev–Trinajstić information content (AvgIpc) is 3.04. The van der Waals surface area contributed by atoms with Crippen LogP contribution in [0.3, 0.4) is 0 Å². The Balaban J connectivity index is 4.20. The van der Waals surface area contributed by atoms with Gasteiger partial charge in [0.1, 0.15) is 12.2 Å². The third-order valence-electron chi connectivity index (χ3n) is 8.29. The first kappa shape index (κ1) is 45.5. The van der Waals surface area contributed by atoms with E-state index in [-0.39, 0.29) is 25.6 Å². The van der Waals surface area contributed by atoms with Gasteiger partial charge in [0.25, 0.3) is 0 Å². The maximum atomic E-state index is 12.5. The Hall–Kier alpha value is -0.540. The molecule has 0 heterocycles. The van der Waals surface area contributed by atoms with Crippen molar-refractivity contribution < 1.29 is 43.0 Å². The first-order chi connectivity index (χ1) is 22.3. The molecular weight excluding hydrogens is 607 g/mol. The van der Waals surface area contributed by atoms with Gasteiger partial charge in [-0.05, 0) is 12.8 Å². The van der Waals surface area contributed by atoms with Crippen LogP contribution in [0.4, 0.5) is 0 Å². The van der Waals surface area contributed by atoms with Gasteiger partial charge in [0.15, 0.2) is 0 Å². The van der Waals surface area contributed by atoms with E-state index in [1.807, 2.05) is 0 Å². The van der Waals surface area contributed by atoms with Gasteiger partial charge in [0, 0.05) is 13.0 Å². The number of esters is 1. The summed E-state index contributed by atoms with van der Waals surface area (Å²) in [6, 6.07) is 0. The van der Waals surface area contributed by atoms with Crippen LogP contribution in [-0.4, -0.2) is 66.3 Å². The van der Waals surface area contributed by atoms with E-state index in [1.54, 1.807) is 0 Å². The van der Waals surface area contributed by atoms with Crippen molar-refractivity contribution in [1.29, 1.82) is 0 Å². The topological polar surface area (TPSA) is 132 Å². The molecular formula is C36H73O9P. The highest BCUT2D eigenvalue weighted by molar-refractivity contribution is 7.47. The highest BCUT2D eigenvalue weighted by Crippen LogP contribution is 2.43. The fourth-order valence-corrected chi connectivity index (χ4v) is 6.15. The van der Waals surface area contributed by atoms with Gasteiger partial charge in [0.2, 0.25) is 0 Å². The first-order valence-corrected chi connectivity index (χ1v) is 20.5. The molecule has 9 nitrogen and oxygen atoms in total. The molecule has 0 aromatic rings. The molecule has 0 aliphatic rings. The van der Waals surface area contributed by atoms with Crippen molar-refractivity contribution in [3.8, 4) is 0 Å². The molecule has 46 heavy (non-hydrogen) atoms. The summed E-state index contributed by atoms with van der Waals surface area (Å²) in [4.78, 5) is 22.4. The number of rotatable bonds is 37. The minimum atomic E-state index is -4.50. The van der Waals surface area contributed by atoms with E-state index >= 15 is 0 Å². The number of carbonyl (C=O) groups is 1. The molecule has 276 valence electrons. The van der Waals surface area contributed by atoms with E-state index in [2.05, 4.69) is 13.8 Å². The summed E-state index contributed by atoms with van der Waals surface area (Å²) in [7, 11) is -4.50. The van der Waals surface area contributed by atoms with E-state index in [0.29, 0.717) is 6.61 Å². The standard InChI is InChI=1S/C36H73O9P/c1-3-5-7-9-11-13-15-17-18-20-22-24-26-28-36(39)45-35(33-44-46(40,41)43-31-34(38)30-37)32-42-29-27-25-23-21-19-16-14-12-10-8-6-4-2/h34-35,37-38H,3-33H2,1-2H3,(H,40,41). The molecule has 3 unspecified atom stereocenters. The summed E-state index contributed by atoms with van der Waals surface area (Å²) < 4.78 is 33.2. The SMILES string of the molecule is CCCCCCCCCCCCCCCC(=O)OC(COCCCCCCCCCCCCCC)COP(=O)(O)OCC(O)CO. The molecule has 0 aliphatic heterocycles. The van der Waals surface area contributed by atoms with Gasteiger partial charge in [-0.15, -0.1) is 0 Å². The molecule has 0 bridgehead atoms. The van der Waals surface area contributed by atoms with Crippen LogP contribution < -0.4 is 0 Å². The molecule has 0 saturated heterocycles. The summed E-state index contributed by atoms with van der Waals surface area (Å²) in [5.41, 5.74) is 0. The maximum Gasteiger partial charge on any atom is 0.472 e. The van der Waals surface area contributed by atoms with Gasteiger partial charge < -0.3 is 24.6 Å². The zero-order chi connectivity index (χ0) is 34.0. The summed E-state index contributed by atoms with van der Waals surface area (Å²) in [6.07, 6.45) is 29.1. The summed E-state index contributed by atoms with van der Waals surface area (Å²) in [5.74, 6) is -0.380. The van der Waals surface area contributed by atoms with Crippen LogP contribution in [-0.2, 0) is 27.9 Å². The van der Waals surface area contributed by atoms with E-state index < -0.39 is 33.2 Å². The van der Waals surface area contributed by atoms with Gasteiger partial charge in [-0.2, -0.15) is 0 Å². The van der Waals surface area contributed by atoms with Gasteiger partial charge in [-0.1, -0.05) is 162 Å². The second-order valence-electron chi connectivity index (χ2n) is 13.0. The van der Waals surface area contributed by atoms with Crippen molar-refractivity contribution in [3.05, 3.63) is 0 Å². The van der Waals surface area contributed by atoms with E-state index in [0.717, 1.165) is 32.1 Å². The summed E-state index contributed by atoms with van der Waals surface area (Å²) in [6.45, 7) is 3.54. The molecule has 0 aliphatic carbocycles. The van der Waals surface area contributed by atoms with Crippen molar-refractivity contribution in [1.82, 2.24) is 0 Å². The minimum absolute atomic E-state index is 0.0572. The Kier molecular flexibility index (Phi) is 33.9. The fraction of sp³-hybridized carbons (Fsp3) is 0.972. The number of carbonyl (C=O) groups excluding carboxylic acids is 1. The van der Waals surface area contributed by atoms with Crippen LogP contribution in [0.25, 0.3) is 0 Å². The number of ether oxygens (including phenoxy) is 2. The molecule has 3 atom stereocenters. The van der Waals surface area contributed by atoms with Crippen LogP contribution in [0, 0.1) is 0 Å². The Morgan fingerprint density at radius 3 is 1.41 bits per heavy atom. The van der Waals surface area contributed by atoms with Crippen LogP contribution in [0.2, 0.25) is 0 Å². The fourth-order valence-electron chi connectivity index (χ4n) is 5.36. The molecule has 0 amide bonds. The molecule has 0 aromatic carbocycles. The average molecular weight is 681 g/mol. The molecule has 0 radical (unpaired) electrons. The van der Waals surface area contributed by atoms with Crippen molar-refractivity contribution in [2.75, 3.05) is 33.0 Å². The number of hydrogen-bond donors (Lipinski definition) is 3. The molecule has 0 spiro atoms. The molecule has 0 saturated carbocycles. The van der Waals surface area contributed by atoms with Crippen LogP contribution >= 0.6 is 7.82 Å². The van der Waals surface area contributed by atoms with E-state index in [4.69, 9.17) is 23.6 Å². The third-order valence-corrected chi connectivity index (χ3v) is 9.24. The predicted molar refractivity (Wildman–Crippen MR) is 187 cm³/mol. The van der Waals surface area contributed by atoms with Crippen LogP contribution in [0.15, 0.2) is 0 Å². The lowest BCUT2D eigenvalue weighted by Gasteiger charge is -2.20. The number of aliphatic hydroxyl groups excluding tert-OH is 2. The number of aliphatic hydroxyl groups is 2. The van der Waals surface area contributed by atoms with Gasteiger partial charge in [-0.3, -0.25) is 13.8 Å². The highest BCUT2D eigenvalue weighted by Gasteiger charge is 2.26. The zero-order valence-electron chi connectivity index (χ0n) is 29.8. The second-order valence-corrected chi connectivity index (χ2v) is 14.4. The molecule has 3 N–H and O–H groups in total. The Morgan fingerprint density at radius 1 is 0.587 bits per heavy atom. The second kappa shape index (κ2) is 34.3. The summed E-state index contributed by atoms with van der Waals surface area (Å²) >= 11 is 0. The van der Waals surface area contributed by atoms with Gasteiger partial charge in [0.05, 0.1) is 26.4 Å². The number of phosphoric ester groups is 1. The molecule has 0 rings (SSSR count). The number of unbranched alkanes of at least 4 members (excludes halogenated alkanes) is 23. The molecule has 10 heteroatoms. The smallest absolute Gasteiger partial charge is 0.457 e. The lowest BCUT2D eigenvalue weighted by Crippen LogP contribution is -2.29. The monoisotopic (exact) mass is 680 g/mol. The first-order valence-electron chi connectivity index (χ1n) is 19.0. The Morgan fingerprint density at radius 2 is 0.978 bits per heavy atom. The molecule has 0 fully saturated rings. The zero-order valence-corrected chi connectivity index (χ0v) is 30.7. The Bertz CT molecular complexity index is 694. The quantitative estimate of drug-likeness (QED) is 0.0333. The van der Waals surface area contributed by atoms with Crippen molar-refractivity contribution in [2.24, 2.45) is 0 Å². The predicted octanol–water partition coefficient (Wildman–Crippen LogP) is 9.58. The van der Waals surface area contributed by atoms with Gasteiger partial charge in [-0.25, -0.2) is 4.57 Å². The molecule has 0 aromatic heterocycles. The van der Waals surface area contributed by atoms with Gasteiger partial charge >= 0.3 is 13.8 Å². The van der Waals surface area contributed by atoms with Crippen molar-refractivity contribution in [3.63, 3.8) is 0 Å². The van der Waals surface area contributed by atoms with E-state index in [1.165, 1.54) is 128 Å². The third kappa shape index (κ3) is 33.4. The Labute approximate surface area is 282 Å². The van der Waals surface area contributed by atoms with Crippen molar-refractivity contribution >= 4 is 13.8 Å². The lowest BCUT2D eigenvalue weighted by molar-refractivity contribution is -0.154.